The van der Waals surface area contributed by atoms with Crippen LogP contribution in [0.4, 0.5) is 0 Å². The van der Waals surface area contributed by atoms with E-state index in [0.717, 1.165) is 31.9 Å². The van der Waals surface area contributed by atoms with Crippen molar-refractivity contribution in [2.45, 2.75) is 18.9 Å². The van der Waals surface area contributed by atoms with Crippen LogP contribution in [0.1, 0.15) is 24.6 Å². The molecule has 16 heavy (non-hydrogen) atoms. The Balaban J connectivity index is 1.84. The smallest absolute Gasteiger partial charge is 0.0477 e. The first-order valence-corrected chi connectivity index (χ1v) is 6.12. The van der Waals surface area contributed by atoms with Gasteiger partial charge in [-0.05, 0) is 44.0 Å². The van der Waals surface area contributed by atoms with Crippen LogP contribution < -0.4 is 11.5 Å². The molecule has 4 heteroatoms. The standard InChI is InChI=1S/C12H22N4/c13-5-9-16-7-3-10(4-8-16)12(14)11-2-1-6-15-11/h1-2,6,10,12,15H,3-5,7-9,13-14H2. The zero-order valence-electron chi connectivity index (χ0n) is 9.73. The molecule has 0 amide bonds. The number of H-pyrrole nitrogens is 1. The molecular weight excluding hydrogens is 200 g/mol. The van der Waals surface area contributed by atoms with Crippen molar-refractivity contribution in [1.82, 2.24) is 9.88 Å². The van der Waals surface area contributed by atoms with Gasteiger partial charge in [0.15, 0.2) is 0 Å². The lowest BCUT2D eigenvalue weighted by molar-refractivity contribution is 0.172. The van der Waals surface area contributed by atoms with E-state index >= 15 is 0 Å². The molecule has 0 bridgehead atoms. The second-order valence-electron chi connectivity index (χ2n) is 4.62. The van der Waals surface area contributed by atoms with Gasteiger partial charge in [-0.15, -0.1) is 0 Å². The molecule has 2 rings (SSSR count). The van der Waals surface area contributed by atoms with Crippen molar-refractivity contribution in [2.24, 2.45) is 17.4 Å². The van der Waals surface area contributed by atoms with Gasteiger partial charge in [0.2, 0.25) is 0 Å². The van der Waals surface area contributed by atoms with E-state index in [1.165, 1.54) is 12.8 Å². The Labute approximate surface area is 97.0 Å². The maximum absolute atomic E-state index is 6.26. The topological polar surface area (TPSA) is 71.1 Å². The summed E-state index contributed by atoms with van der Waals surface area (Å²) in [5.74, 6) is 0.604. The summed E-state index contributed by atoms with van der Waals surface area (Å²) in [6.07, 6.45) is 4.30. The Morgan fingerprint density at radius 2 is 2.19 bits per heavy atom. The summed E-state index contributed by atoms with van der Waals surface area (Å²) in [7, 11) is 0. The second kappa shape index (κ2) is 5.48. The number of rotatable bonds is 4. The first-order chi connectivity index (χ1) is 7.81. The van der Waals surface area contributed by atoms with Gasteiger partial charge in [0.25, 0.3) is 0 Å². The number of likely N-dealkylation sites (tertiary alicyclic amines) is 1. The lowest BCUT2D eigenvalue weighted by Crippen LogP contribution is -2.39. The fraction of sp³-hybridized carbons (Fsp3) is 0.667. The van der Waals surface area contributed by atoms with Crippen molar-refractivity contribution in [3.63, 3.8) is 0 Å². The van der Waals surface area contributed by atoms with E-state index in [9.17, 15) is 0 Å². The fourth-order valence-corrected chi connectivity index (χ4v) is 2.52. The largest absolute Gasteiger partial charge is 0.364 e. The average Bonchev–Trinajstić information content (AvgIpc) is 2.83. The molecular formula is C12H22N4. The van der Waals surface area contributed by atoms with Gasteiger partial charge >= 0.3 is 0 Å². The van der Waals surface area contributed by atoms with Crippen LogP contribution in [0.15, 0.2) is 18.3 Å². The summed E-state index contributed by atoms with van der Waals surface area (Å²) in [6, 6.07) is 4.25. The average molecular weight is 222 g/mol. The Hall–Kier alpha value is -0.840. The third-order valence-electron chi connectivity index (χ3n) is 3.57. The van der Waals surface area contributed by atoms with Gasteiger partial charge in [-0.3, -0.25) is 0 Å². The highest BCUT2D eigenvalue weighted by atomic mass is 15.1. The third kappa shape index (κ3) is 2.64. The number of aromatic amines is 1. The highest BCUT2D eigenvalue weighted by Gasteiger charge is 2.25. The maximum Gasteiger partial charge on any atom is 0.0477 e. The van der Waals surface area contributed by atoms with E-state index in [0.29, 0.717) is 5.92 Å². The zero-order chi connectivity index (χ0) is 11.4. The fourth-order valence-electron chi connectivity index (χ4n) is 2.52. The summed E-state index contributed by atoms with van der Waals surface area (Å²) in [6.45, 7) is 4.05. The minimum atomic E-state index is 0.162. The van der Waals surface area contributed by atoms with Crippen molar-refractivity contribution in [1.29, 1.82) is 0 Å². The van der Waals surface area contributed by atoms with E-state index in [1.807, 2.05) is 12.3 Å². The lowest BCUT2D eigenvalue weighted by Gasteiger charge is -2.34. The van der Waals surface area contributed by atoms with E-state index in [-0.39, 0.29) is 6.04 Å². The van der Waals surface area contributed by atoms with Gasteiger partial charge in [0.1, 0.15) is 0 Å². The Kier molecular flexibility index (Phi) is 3.98. The summed E-state index contributed by atoms with van der Waals surface area (Å²) in [4.78, 5) is 5.64. The molecule has 0 radical (unpaired) electrons. The van der Waals surface area contributed by atoms with Crippen molar-refractivity contribution >= 4 is 0 Å². The number of piperidine rings is 1. The number of nitrogens with one attached hydrogen (secondary N) is 1. The van der Waals surface area contributed by atoms with Crippen LogP contribution in [0.3, 0.4) is 0 Å². The normalized spacial score (nSPS) is 21.1. The molecule has 0 saturated carbocycles. The van der Waals surface area contributed by atoms with Crippen LogP contribution in [0, 0.1) is 5.92 Å². The molecule has 1 aromatic heterocycles. The summed E-state index contributed by atoms with van der Waals surface area (Å²) in [5.41, 5.74) is 13.0. The van der Waals surface area contributed by atoms with Gasteiger partial charge in [-0.1, -0.05) is 0 Å². The SMILES string of the molecule is NCCN1CCC(C(N)c2ccc[nH]2)CC1. The molecule has 0 aliphatic carbocycles. The molecule has 1 aliphatic heterocycles. The van der Waals surface area contributed by atoms with Gasteiger partial charge in [0, 0.05) is 31.0 Å². The molecule has 1 unspecified atom stereocenters. The number of hydrogen-bond donors (Lipinski definition) is 3. The second-order valence-corrected chi connectivity index (χ2v) is 4.62. The quantitative estimate of drug-likeness (QED) is 0.702. The molecule has 1 aliphatic rings. The molecule has 1 atom stereocenters. The van der Waals surface area contributed by atoms with Crippen molar-refractivity contribution in [3.05, 3.63) is 24.0 Å². The third-order valence-corrected chi connectivity index (χ3v) is 3.57. The Morgan fingerprint density at radius 3 is 2.75 bits per heavy atom. The summed E-state index contributed by atoms with van der Waals surface area (Å²) in [5, 5.41) is 0. The van der Waals surface area contributed by atoms with Crippen molar-refractivity contribution < 1.29 is 0 Å². The van der Waals surface area contributed by atoms with Gasteiger partial charge in [-0.25, -0.2) is 0 Å². The van der Waals surface area contributed by atoms with Crippen LogP contribution >= 0.6 is 0 Å². The first-order valence-electron chi connectivity index (χ1n) is 6.12. The van der Waals surface area contributed by atoms with Crippen molar-refractivity contribution in [2.75, 3.05) is 26.2 Å². The van der Waals surface area contributed by atoms with Crippen LogP contribution in [-0.4, -0.2) is 36.1 Å². The molecule has 4 nitrogen and oxygen atoms in total. The van der Waals surface area contributed by atoms with Crippen LogP contribution in [0.5, 0.6) is 0 Å². The molecule has 1 aromatic rings. The predicted octanol–water partition coefficient (Wildman–Crippen LogP) is 0.685. The molecule has 90 valence electrons. The Bertz CT molecular complexity index is 288. The monoisotopic (exact) mass is 222 g/mol. The number of nitrogens with two attached hydrogens (primary N) is 2. The van der Waals surface area contributed by atoms with Crippen LogP contribution in [-0.2, 0) is 0 Å². The van der Waals surface area contributed by atoms with Gasteiger partial charge in [0.05, 0.1) is 0 Å². The van der Waals surface area contributed by atoms with Crippen LogP contribution in [0.2, 0.25) is 0 Å². The molecule has 2 heterocycles. The minimum absolute atomic E-state index is 0.162. The van der Waals surface area contributed by atoms with Gasteiger partial charge < -0.3 is 21.4 Å². The highest BCUT2D eigenvalue weighted by molar-refractivity contribution is 5.10. The van der Waals surface area contributed by atoms with E-state index in [4.69, 9.17) is 11.5 Å². The maximum atomic E-state index is 6.26. The number of hydrogen-bond acceptors (Lipinski definition) is 3. The molecule has 0 aromatic carbocycles. The van der Waals surface area contributed by atoms with Crippen molar-refractivity contribution in [3.8, 4) is 0 Å². The molecule has 1 saturated heterocycles. The number of aromatic nitrogens is 1. The van der Waals surface area contributed by atoms with E-state index < -0.39 is 0 Å². The van der Waals surface area contributed by atoms with E-state index in [1.54, 1.807) is 0 Å². The molecule has 0 spiro atoms. The van der Waals surface area contributed by atoms with Crippen LogP contribution in [0.25, 0.3) is 0 Å². The van der Waals surface area contributed by atoms with E-state index in [2.05, 4.69) is 16.0 Å². The zero-order valence-corrected chi connectivity index (χ0v) is 9.73. The summed E-state index contributed by atoms with van der Waals surface area (Å²) >= 11 is 0. The predicted molar refractivity (Wildman–Crippen MR) is 65.9 cm³/mol. The lowest BCUT2D eigenvalue weighted by atomic mass is 9.88. The highest BCUT2D eigenvalue weighted by Crippen LogP contribution is 2.27. The van der Waals surface area contributed by atoms with Gasteiger partial charge in [-0.2, -0.15) is 0 Å². The summed E-state index contributed by atoms with van der Waals surface area (Å²) < 4.78 is 0. The molecule has 1 fully saturated rings. The Morgan fingerprint density at radius 1 is 1.44 bits per heavy atom. The minimum Gasteiger partial charge on any atom is -0.364 e. The first kappa shape index (κ1) is 11.6. The molecule has 5 N–H and O–H groups in total. The number of nitrogens with zero attached hydrogens (tertiary/aromatic N) is 1.